The fourth-order valence-electron chi connectivity index (χ4n) is 1.29. The van der Waals surface area contributed by atoms with Gasteiger partial charge in [-0.1, -0.05) is 19.4 Å². The number of nitrogens with one attached hydrogen (secondary N) is 2. The van der Waals surface area contributed by atoms with Crippen LogP contribution in [0.2, 0.25) is 0 Å². The number of hydrogen-bond donors (Lipinski definition) is 2. The number of nitrogens with zero attached hydrogens (tertiary/aromatic N) is 1. The molecule has 2 amide bonds. The first-order valence-corrected chi connectivity index (χ1v) is 6.34. The Bertz CT molecular complexity index is 395. The summed E-state index contributed by atoms with van der Waals surface area (Å²) in [6, 6.07) is 5.11. The van der Waals surface area contributed by atoms with Gasteiger partial charge in [0.1, 0.15) is 5.69 Å². The summed E-state index contributed by atoms with van der Waals surface area (Å²) in [4.78, 5) is 26.7. The zero-order valence-corrected chi connectivity index (χ0v) is 11.0. The van der Waals surface area contributed by atoms with E-state index in [2.05, 4.69) is 15.6 Å². The second-order valence-corrected chi connectivity index (χ2v) is 3.89. The van der Waals surface area contributed by atoms with E-state index in [0.717, 1.165) is 12.8 Å². The maximum atomic E-state index is 11.6. The Balaban J connectivity index is 2.11. The summed E-state index contributed by atoms with van der Waals surface area (Å²) in [6.07, 6.45) is 2.93. The van der Waals surface area contributed by atoms with Crippen LogP contribution in [0.3, 0.4) is 0 Å². The van der Waals surface area contributed by atoms with Crippen LogP contribution >= 0.6 is 0 Å². The van der Waals surface area contributed by atoms with Crippen molar-refractivity contribution in [2.75, 3.05) is 19.7 Å². The summed E-state index contributed by atoms with van der Waals surface area (Å²) >= 11 is 0. The van der Waals surface area contributed by atoms with Crippen LogP contribution in [-0.4, -0.2) is 36.7 Å². The van der Waals surface area contributed by atoms with Crippen molar-refractivity contribution >= 4 is 12.0 Å². The third-order valence-electron chi connectivity index (χ3n) is 2.31. The normalized spacial score (nSPS) is 9.74. The Morgan fingerprint density at radius 1 is 1.26 bits per heavy atom. The largest absolute Gasteiger partial charge is 0.450 e. The van der Waals surface area contributed by atoms with E-state index in [4.69, 9.17) is 4.74 Å². The lowest BCUT2D eigenvalue weighted by Gasteiger charge is -2.07. The smallest absolute Gasteiger partial charge is 0.407 e. The predicted molar refractivity (Wildman–Crippen MR) is 70.8 cm³/mol. The highest BCUT2D eigenvalue weighted by molar-refractivity contribution is 5.92. The molecule has 0 radical (unpaired) electrons. The number of unbranched alkanes of at least 4 members (excludes halogenated alkanes) is 1. The Hall–Kier alpha value is -2.11. The molecule has 1 rings (SSSR count). The average molecular weight is 265 g/mol. The van der Waals surface area contributed by atoms with Gasteiger partial charge in [0.15, 0.2) is 0 Å². The van der Waals surface area contributed by atoms with Crippen LogP contribution in [-0.2, 0) is 4.74 Å². The summed E-state index contributed by atoms with van der Waals surface area (Å²) in [5.74, 6) is -0.262. The SMILES string of the molecule is CCCCOC(=O)NCCNC(=O)c1ccccn1. The number of rotatable bonds is 7. The predicted octanol–water partition coefficient (Wildman–Crippen LogP) is 1.34. The number of hydrogen-bond acceptors (Lipinski definition) is 4. The molecule has 1 heterocycles. The van der Waals surface area contributed by atoms with E-state index < -0.39 is 6.09 Å². The summed E-state index contributed by atoms with van der Waals surface area (Å²) in [5.41, 5.74) is 0.355. The number of amides is 2. The van der Waals surface area contributed by atoms with Crippen molar-refractivity contribution in [1.29, 1.82) is 0 Å². The van der Waals surface area contributed by atoms with E-state index in [1.807, 2.05) is 6.92 Å². The molecule has 104 valence electrons. The molecule has 0 aromatic carbocycles. The second kappa shape index (κ2) is 8.91. The first kappa shape index (κ1) is 14.9. The fraction of sp³-hybridized carbons (Fsp3) is 0.462. The third-order valence-corrected chi connectivity index (χ3v) is 2.31. The molecule has 0 aliphatic heterocycles. The molecule has 1 aromatic rings. The molecule has 1 aromatic heterocycles. The van der Waals surface area contributed by atoms with Gasteiger partial charge >= 0.3 is 6.09 Å². The number of alkyl carbamates (subject to hydrolysis) is 1. The minimum atomic E-state index is -0.458. The van der Waals surface area contributed by atoms with Crippen molar-refractivity contribution in [3.05, 3.63) is 30.1 Å². The first-order valence-electron chi connectivity index (χ1n) is 6.34. The van der Waals surface area contributed by atoms with Crippen molar-refractivity contribution in [3.63, 3.8) is 0 Å². The minimum Gasteiger partial charge on any atom is -0.450 e. The highest BCUT2D eigenvalue weighted by Gasteiger charge is 2.05. The molecule has 6 nitrogen and oxygen atoms in total. The molecule has 0 atom stereocenters. The van der Waals surface area contributed by atoms with E-state index in [1.54, 1.807) is 24.4 Å². The van der Waals surface area contributed by atoms with E-state index in [0.29, 0.717) is 25.4 Å². The van der Waals surface area contributed by atoms with Gasteiger partial charge in [-0.25, -0.2) is 4.79 Å². The monoisotopic (exact) mass is 265 g/mol. The van der Waals surface area contributed by atoms with Gasteiger partial charge in [-0.15, -0.1) is 0 Å². The van der Waals surface area contributed by atoms with Crippen LogP contribution in [0.15, 0.2) is 24.4 Å². The lowest BCUT2D eigenvalue weighted by molar-refractivity contribution is 0.0947. The van der Waals surface area contributed by atoms with Crippen molar-refractivity contribution in [1.82, 2.24) is 15.6 Å². The van der Waals surface area contributed by atoms with Crippen LogP contribution in [0.5, 0.6) is 0 Å². The average Bonchev–Trinajstić information content (AvgIpc) is 2.44. The van der Waals surface area contributed by atoms with Crippen molar-refractivity contribution in [2.45, 2.75) is 19.8 Å². The zero-order valence-electron chi connectivity index (χ0n) is 11.0. The van der Waals surface area contributed by atoms with E-state index in [1.165, 1.54) is 0 Å². The van der Waals surface area contributed by atoms with Gasteiger partial charge in [0.2, 0.25) is 0 Å². The van der Waals surface area contributed by atoms with E-state index in [9.17, 15) is 9.59 Å². The molecule has 6 heteroatoms. The van der Waals surface area contributed by atoms with Crippen LogP contribution in [0.25, 0.3) is 0 Å². The van der Waals surface area contributed by atoms with Crippen LogP contribution < -0.4 is 10.6 Å². The van der Waals surface area contributed by atoms with Gasteiger partial charge in [0.05, 0.1) is 6.61 Å². The molecule has 0 aliphatic carbocycles. The fourth-order valence-corrected chi connectivity index (χ4v) is 1.29. The molecular formula is C13H19N3O3. The second-order valence-electron chi connectivity index (χ2n) is 3.89. The van der Waals surface area contributed by atoms with Gasteiger partial charge < -0.3 is 15.4 Å². The summed E-state index contributed by atoms with van der Waals surface area (Å²) in [6.45, 7) is 3.10. The standard InChI is InChI=1S/C13H19N3O3/c1-2-3-10-19-13(18)16-9-8-15-12(17)11-6-4-5-7-14-11/h4-7H,2-3,8-10H2,1H3,(H,15,17)(H,16,18). The lowest BCUT2D eigenvalue weighted by Crippen LogP contribution is -2.35. The molecule has 0 spiro atoms. The van der Waals surface area contributed by atoms with Gasteiger partial charge in [-0.2, -0.15) is 0 Å². The molecule has 19 heavy (non-hydrogen) atoms. The molecule has 0 fully saturated rings. The molecule has 0 unspecified atom stereocenters. The van der Waals surface area contributed by atoms with Crippen LogP contribution in [0.4, 0.5) is 4.79 Å². The summed E-state index contributed by atoms with van der Waals surface area (Å²) in [7, 11) is 0. The minimum absolute atomic E-state index is 0.262. The van der Waals surface area contributed by atoms with Crippen molar-refractivity contribution < 1.29 is 14.3 Å². The highest BCUT2D eigenvalue weighted by atomic mass is 16.5. The Kier molecular flexibility index (Phi) is 7.01. The number of carbonyl (C=O) groups excluding carboxylic acids is 2. The molecule has 0 saturated carbocycles. The topological polar surface area (TPSA) is 80.3 Å². The molecule has 2 N–H and O–H groups in total. The van der Waals surface area contributed by atoms with Crippen LogP contribution in [0, 0.1) is 0 Å². The van der Waals surface area contributed by atoms with Gasteiger partial charge in [0, 0.05) is 19.3 Å². The van der Waals surface area contributed by atoms with E-state index in [-0.39, 0.29) is 5.91 Å². The van der Waals surface area contributed by atoms with Crippen molar-refractivity contribution in [3.8, 4) is 0 Å². The van der Waals surface area contributed by atoms with Gasteiger partial charge in [-0.05, 0) is 18.6 Å². The molecular weight excluding hydrogens is 246 g/mol. The van der Waals surface area contributed by atoms with Crippen molar-refractivity contribution in [2.24, 2.45) is 0 Å². The number of pyridine rings is 1. The highest BCUT2D eigenvalue weighted by Crippen LogP contribution is 1.92. The maximum Gasteiger partial charge on any atom is 0.407 e. The summed E-state index contributed by atoms with van der Waals surface area (Å²) < 4.78 is 4.90. The Labute approximate surface area is 112 Å². The zero-order chi connectivity index (χ0) is 13.9. The quantitative estimate of drug-likeness (QED) is 0.729. The maximum absolute atomic E-state index is 11.6. The number of aromatic nitrogens is 1. The molecule has 0 bridgehead atoms. The number of carbonyl (C=O) groups is 2. The van der Waals surface area contributed by atoms with Gasteiger partial charge in [-0.3, -0.25) is 9.78 Å². The van der Waals surface area contributed by atoms with Gasteiger partial charge in [0.25, 0.3) is 5.91 Å². The lowest BCUT2D eigenvalue weighted by atomic mass is 10.3. The van der Waals surface area contributed by atoms with E-state index >= 15 is 0 Å². The first-order chi connectivity index (χ1) is 9.24. The Morgan fingerprint density at radius 3 is 2.74 bits per heavy atom. The Morgan fingerprint density at radius 2 is 2.05 bits per heavy atom. The number of ether oxygens (including phenoxy) is 1. The molecule has 0 aliphatic rings. The molecule has 0 saturated heterocycles. The summed E-state index contributed by atoms with van der Waals surface area (Å²) in [5, 5.41) is 5.20. The third kappa shape index (κ3) is 6.40. The van der Waals surface area contributed by atoms with Crippen LogP contribution in [0.1, 0.15) is 30.3 Å².